The second-order valence-corrected chi connectivity index (χ2v) is 4.41. The van der Waals surface area contributed by atoms with Gasteiger partial charge in [-0.2, -0.15) is 0 Å². The third-order valence-corrected chi connectivity index (χ3v) is 3.01. The SMILES string of the molecule is Cc1ccc(CNC(C)C(C)CO)cc1F. The second kappa shape index (κ2) is 5.97. The first kappa shape index (κ1) is 13.1. The number of hydrogen-bond acceptors (Lipinski definition) is 2. The van der Waals surface area contributed by atoms with Gasteiger partial charge in [-0.25, -0.2) is 4.39 Å². The maximum Gasteiger partial charge on any atom is 0.126 e. The number of rotatable bonds is 5. The summed E-state index contributed by atoms with van der Waals surface area (Å²) in [5.74, 6) is 0.0393. The minimum absolute atomic E-state index is 0.163. The molecule has 2 atom stereocenters. The van der Waals surface area contributed by atoms with E-state index in [0.717, 1.165) is 5.56 Å². The number of hydrogen-bond donors (Lipinski definition) is 2. The summed E-state index contributed by atoms with van der Waals surface area (Å²) in [7, 11) is 0. The standard InChI is InChI=1S/C13H20FNO/c1-9-4-5-12(6-13(9)14)7-15-11(3)10(2)8-16/h4-6,10-11,15-16H,7-8H2,1-3H3. The largest absolute Gasteiger partial charge is 0.396 e. The molecule has 1 aromatic carbocycles. The van der Waals surface area contributed by atoms with E-state index in [1.807, 2.05) is 19.9 Å². The average molecular weight is 225 g/mol. The zero-order valence-electron chi connectivity index (χ0n) is 10.1. The molecule has 3 heteroatoms. The third-order valence-electron chi connectivity index (χ3n) is 3.01. The van der Waals surface area contributed by atoms with Crippen LogP contribution in [0.4, 0.5) is 4.39 Å². The Bertz CT molecular complexity index is 341. The lowest BCUT2D eigenvalue weighted by Gasteiger charge is -2.19. The van der Waals surface area contributed by atoms with Crippen LogP contribution in [0.3, 0.4) is 0 Å². The Morgan fingerprint density at radius 1 is 1.38 bits per heavy atom. The fraction of sp³-hybridized carbons (Fsp3) is 0.538. The van der Waals surface area contributed by atoms with Crippen LogP contribution in [0.2, 0.25) is 0 Å². The summed E-state index contributed by atoms with van der Waals surface area (Å²) in [5.41, 5.74) is 1.60. The van der Waals surface area contributed by atoms with Crippen molar-refractivity contribution in [1.82, 2.24) is 5.32 Å². The molecule has 0 bridgehead atoms. The molecule has 0 aromatic heterocycles. The lowest BCUT2D eigenvalue weighted by atomic mass is 10.0. The molecule has 90 valence electrons. The lowest BCUT2D eigenvalue weighted by molar-refractivity contribution is 0.207. The first-order chi connectivity index (χ1) is 7.54. The molecule has 16 heavy (non-hydrogen) atoms. The van der Waals surface area contributed by atoms with Gasteiger partial charge in [0.2, 0.25) is 0 Å². The first-order valence-electron chi connectivity index (χ1n) is 5.64. The second-order valence-electron chi connectivity index (χ2n) is 4.41. The Morgan fingerprint density at radius 3 is 2.62 bits per heavy atom. The predicted octanol–water partition coefficient (Wildman–Crippen LogP) is 2.24. The van der Waals surface area contributed by atoms with Crippen LogP contribution in [0.25, 0.3) is 0 Å². The molecule has 2 nitrogen and oxygen atoms in total. The van der Waals surface area contributed by atoms with Crippen LogP contribution in [-0.4, -0.2) is 17.8 Å². The summed E-state index contributed by atoms with van der Waals surface area (Å²) >= 11 is 0. The van der Waals surface area contributed by atoms with E-state index in [4.69, 9.17) is 5.11 Å². The number of benzene rings is 1. The molecule has 0 aliphatic carbocycles. The molecule has 1 aromatic rings. The number of aryl methyl sites for hydroxylation is 1. The third kappa shape index (κ3) is 3.58. The Hall–Kier alpha value is -0.930. The highest BCUT2D eigenvalue weighted by Crippen LogP contribution is 2.10. The van der Waals surface area contributed by atoms with Gasteiger partial charge in [-0.3, -0.25) is 0 Å². The van der Waals surface area contributed by atoms with Crippen molar-refractivity contribution in [2.75, 3.05) is 6.61 Å². The first-order valence-corrected chi connectivity index (χ1v) is 5.64. The lowest BCUT2D eigenvalue weighted by Crippen LogP contribution is -2.33. The molecular weight excluding hydrogens is 205 g/mol. The molecule has 0 fully saturated rings. The molecular formula is C13H20FNO. The van der Waals surface area contributed by atoms with Gasteiger partial charge >= 0.3 is 0 Å². The molecule has 0 aliphatic heterocycles. The van der Waals surface area contributed by atoms with Gasteiger partial charge in [0.05, 0.1) is 0 Å². The molecule has 0 aliphatic rings. The molecule has 0 spiro atoms. The number of aliphatic hydroxyl groups is 1. The maximum atomic E-state index is 13.3. The summed E-state index contributed by atoms with van der Waals surface area (Å²) in [6, 6.07) is 5.47. The molecule has 0 amide bonds. The van der Waals surface area contributed by atoms with Gasteiger partial charge < -0.3 is 10.4 Å². The van der Waals surface area contributed by atoms with E-state index >= 15 is 0 Å². The van der Waals surface area contributed by atoms with Crippen LogP contribution in [0, 0.1) is 18.7 Å². The van der Waals surface area contributed by atoms with Gasteiger partial charge in [0.15, 0.2) is 0 Å². The molecule has 0 heterocycles. The Labute approximate surface area is 96.5 Å². The smallest absolute Gasteiger partial charge is 0.126 e. The van der Waals surface area contributed by atoms with Crippen LogP contribution in [0.1, 0.15) is 25.0 Å². The van der Waals surface area contributed by atoms with E-state index in [0.29, 0.717) is 12.1 Å². The predicted molar refractivity (Wildman–Crippen MR) is 63.7 cm³/mol. The summed E-state index contributed by atoms with van der Waals surface area (Å²) in [6.07, 6.45) is 0. The van der Waals surface area contributed by atoms with Crippen molar-refractivity contribution in [3.63, 3.8) is 0 Å². The number of halogens is 1. The van der Waals surface area contributed by atoms with Crippen molar-refractivity contribution < 1.29 is 9.50 Å². The quantitative estimate of drug-likeness (QED) is 0.805. The van der Waals surface area contributed by atoms with Gasteiger partial charge in [0.25, 0.3) is 0 Å². The van der Waals surface area contributed by atoms with Crippen LogP contribution in [0.15, 0.2) is 18.2 Å². The Morgan fingerprint density at radius 2 is 2.06 bits per heavy atom. The van der Waals surface area contributed by atoms with Gasteiger partial charge in [0.1, 0.15) is 5.82 Å². The van der Waals surface area contributed by atoms with E-state index in [1.54, 1.807) is 19.1 Å². The monoisotopic (exact) mass is 225 g/mol. The highest BCUT2D eigenvalue weighted by atomic mass is 19.1. The van der Waals surface area contributed by atoms with E-state index in [2.05, 4.69) is 5.32 Å². The van der Waals surface area contributed by atoms with Crippen LogP contribution < -0.4 is 5.32 Å². The maximum absolute atomic E-state index is 13.3. The van der Waals surface area contributed by atoms with Crippen molar-refractivity contribution in [3.05, 3.63) is 35.1 Å². The number of nitrogens with one attached hydrogen (secondary N) is 1. The van der Waals surface area contributed by atoms with E-state index in [9.17, 15) is 4.39 Å². The van der Waals surface area contributed by atoms with Gasteiger partial charge in [-0.1, -0.05) is 19.1 Å². The highest BCUT2D eigenvalue weighted by Gasteiger charge is 2.10. The van der Waals surface area contributed by atoms with Gasteiger partial charge in [-0.15, -0.1) is 0 Å². The van der Waals surface area contributed by atoms with Crippen molar-refractivity contribution in [2.45, 2.75) is 33.4 Å². The zero-order chi connectivity index (χ0) is 12.1. The van der Waals surface area contributed by atoms with Crippen molar-refractivity contribution in [2.24, 2.45) is 5.92 Å². The highest BCUT2D eigenvalue weighted by molar-refractivity contribution is 5.23. The normalized spacial score (nSPS) is 14.8. The average Bonchev–Trinajstić information content (AvgIpc) is 2.29. The van der Waals surface area contributed by atoms with Crippen LogP contribution >= 0.6 is 0 Å². The minimum atomic E-state index is -0.165. The summed E-state index contributed by atoms with van der Waals surface area (Å²) < 4.78 is 13.3. The van der Waals surface area contributed by atoms with E-state index in [1.165, 1.54) is 0 Å². The van der Waals surface area contributed by atoms with Crippen molar-refractivity contribution in [3.8, 4) is 0 Å². The summed E-state index contributed by atoms with van der Waals surface area (Å²) in [4.78, 5) is 0. The molecule has 1 rings (SSSR count). The zero-order valence-corrected chi connectivity index (χ0v) is 10.1. The molecule has 0 saturated carbocycles. The van der Waals surface area contributed by atoms with E-state index < -0.39 is 0 Å². The summed E-state index contributed by atoms with van der Waals surface area (Å²) in [6.45, 7) is 6.54. The Kier molecular flexibility index (Phi) is 4.90. The van der Waals surface area contributed by atoms with Crippen LogP contribution in [-0.2, 0) is 6.54 Å². The summed E-state index contributed by atoms with van der Waals surface area (Å²) in [5, 5.41) is 12.3. The fourth-order valence-corrected chi connectivity index (χ4v) is 1.38. The molecule has 2 unspecified atom stereocenters. The molecule has 0 radical (unpaired) electrons. The molecule has 0 saturated heterocycles. The van der Waals surface area contributed by atoms with E-state index in [-0.39, 0.29) is 24.4 Å². The van der Waals surface area contributed by atoms with Gasteiger partial charge in [0, 0.05) is 19.2 Å². The van der Waals surface area contributed by atoms with Gasteiger partial charge in [-0.05, 0) is 37.0 Å². The van der Waals surface area contributed by atoms with Crippen LogP contribution in [0.5, 0.6) is 0 Å². The fourth-order valence-electron chi connectivity index (χ4n) is 1.38. The number of aliphatic hydroxyl groups excluding tert-OH is 1. The Balaban J connectivity index is 2.51. The van der Waals surface area contributed by atoms with Crippen molar-refractivity contribution >= 4 is 0 Å². The minimum Gasteiger partial charge on any atom is -0.396 e. The topological polar surface area (TPSA) is 32.3 Å². The molecule has 2 N–H and O–H groups in total. The van der Waals surface area contributed by atoms with Crippen molar-refractivity contribution in [1.29, 1.82) is 0 Å².